The highest BCUT2D eigenvalue weighted by molar-refractivity contribution is 5.94. The third kappa shape index (κ3) is 5.27. The normalized spacial score (nSPS) is 20.1. The summed E-state index contributed by atoms with van der Waals surface area (Å²) in [6.45, 7) is 1.04. The fourth-order valence-corrected chi connectivity index (χ4v) is 3.73. The highest BCUT2D eigenvalue weighted by Gasteiger charge is 2.22. The van der Waals surface area contributed by atoms with Gasteiger partial charge < -0.3 is 15.5 Å². The van der Waals surface area contributed by atoms with Crippen LogP contribution in [0.25, 0.3) is 0 Å². The summed E-state index contributed by atoms with van der Waals surface area (Å²) in [7, 11) is 2.15. The van der Waals surface area contributed by atoms with Gasteiger partial charge in [0.2, 0.25) is 5.91 Å². The Hall–Kier alpha value is -0.970. The molecule has 1 atom stereocenters. The summed E-state index contributed by atoms with van der Waals surface area (Å²) in [5.74, 6) is 0.117. The van der Waals surface area contributed by atoms with Gasteiger partial charge in [-0.2, -0.15) is 0 Å². The highest BCUT2D eigenvalue weighted by Crippen LogP contribution is 2.31. The minimum Gasteiger partial charge on any atom is -0.370 e. The number of hydrogen-bond donors (Lipinski definition) is 2. The molecule has 4 nitrogen and oxygen atoms in total. The third-order valence-electron chi connectivity index (χ3n) is 5.02. The van der Waals surface area contributed by atoms with Crippen molar-refractivity contribution < 1.29 is 4.79 Å². The van der Waals surface area contributed by atoms with Crippen LogP contribution in [0.1, 0.15) is 44.9 Å². The highest BCUT2D eigenvalue weighted by atomic mass is 35.5. The number of rotatable bonds is 5. The Bertz CT molecular complexity index is 515. The second kappa shape index (κ2) is 10.1. The number of carbonyl (C=O) groups is 1. The third-order valence-corrected chi connectivity index (χ3v) is 5.02. The molecule has 2 aliphatic rings. The summed E-state index contributed by atoms with van der Waals surface area (Å²) in [4.78, 5) is 14.6. The SMILES string of the molecule is CN(c1ccccc1NC(=O)CC1CCCN1)C1CCCC1.Cl.Cl. The van der Waals surface area contributed by atoms with Gasteiger partial charge in [-0.3, -0.25) is 4.79 Å². The molecule has 1 saturated carbocycles. The van der Waals surface area contributed by atoms with E-state index in [-0.39, 0.29) is 30.7 Å². The number of hydrogen-bond acceptors (Lipinski definition) is 3. The number of nitrogens with zero attached hydrogens (tertiary/aromatic N) is 1. The lowest BCUT2D eigenvalue weighted by Gasteiger charge is -2.28. The maximum atomic E-state index is 12.3. The van der Waals surface area contributed by atoms with Crippen molar-refractivity contribution in [2.45, 2.75) is 57.0 Å². The van der Waals surface area contributed by atoms with E-state index in [9.17, 15) is 4.79 Å². The molecule has 1 saturated heterocycles. The number of benzene rings is 1. The molecule has 1 aliphatic heterocycles. The summed E-state index contributed by atoms with van der Waals surface area (Å²) < 4.78 is 0. The van der Waals surface area contributed by atoms with Crippen LogP contribution in [0.15, 0.2) is 24.3 Å². The predicted octanol–water partition coefficient (Wildman–Crippen LogP) is 3.99. The first kappa shape index (κ1) is 21.1. The molecule has 24 heavy (non-hydrogen) atoms. The van der Waals surface area contributed by atoms with Gasteiger partial charge in [0.25, 0.3) is 0 Å². The van der Waals surface area contributed by atoms with Crippen molar-refractivity contribution in [2.75, 3.05) is 23.8 Å². The quantitative estimate of drug-likeness (QED) is 0.819. The molecule has 1 heterocycles. The summed E-state index contributed by atoms with van der Waals surface area (Å²) in [6, 6.07) is 9.13. The monoisotopic (exact) mass is 373 g/mol. The molecule has 1 aliphatic carbocycles. The van der Waals surface area contributed by atoms with Crippen LogP contribution in [0.2, 0.25) is 0 Å². The number of carbonyl (C=O) groups excluding carboxylic acids is 1. The average Bonchev–Trinajstić information content (AvgIpc) is 3.20. The van der Waals surface area contributed by atoms with Gasteiger partial charge in [0.1, 0.15) is 0 Å². The van der Waals surface area contributed by atoms with Gasteiger partial charge in [-0.15, -0.1) is 24.8 Å². The zero-order chi connectivity index (χ0) is 15.4. The molecule has 0 spiro atoms. The van der Waals surface area contributed by atoms with Crippen LogP contribution < -0.4 is 15.5 Å². The van der Waals surface area contributed by atoms with Crippen LogP contribution in [0.3, 0.4) is 0 Å². The maximum Gasteiger partial charge on any atom is 0.225 e. The van der Waals surface area contributed by atoms with Crippen molar-refractivity contribution in [3.05, 3.63) is 24.3 Å². The van der Waals surface area contributed by atoms with Gasteiger partial charge in [0, 0.05) is 25.6 Å². The van der Waals surface area contributed by atoms with Crippen molar-refractivity contribution in [2.24, 2.45) is 0 Å². The second-order valence-electron chi connectivity index (χ2n) is 6.61. The van der Waals surface area contributed by atoms with E-state index in [1.54, 1.807) is 0 Å². The Balaban J connectivity index is 0.00000144. The maximum absolute atomic E-state index is 12.3. The van der Waals surface area contributed by atoms with Crippen LogP contribution in [-0.2, 0) is 4.79 Å². The Morgan fingerprint density at radius 3 is 2.54 bits per heavy atom. The first-order chi connectivity index (χ1) is 10.7. The fourth-order valence-electron chi connectivity index (χ4n) is 3.73. The van der Waals surface area contributed by atoms with E-state index in [2.05, 4.69) is 34.7 Å². The zero-order valence-electron chi connectivity index (χ0n) is 14.3. The fraction of sp³-hybridized carbons (Fsp3) is 0.611. The zero-order valence-corrected chi connectivity index (χ0v) is 15.9. The number of amides is 1. The minimum absolute atomic E-state index is 0. The first-order valence-electron chi connectivity index (χ1n) is 8.59. The lowest BCUT2D eigenvalue weighted by molar-refractivity contribution is -0.116. The van der Waals surface area contributed by atoms with Gasteiger partial charge >= 0.3 is 0 Å². The van der Waals surface area contributed by atoms with Crippen LogP contribution in [0, 0.1) is 0 Å². The minimum atomic E-state index is 0. The topological polar surface area (TPSA) is 44.4 Å². The Morgan fingerprint density at radius 2 is 1.88 bits per heavy atom. The second-order valence-corrected chi connectivity index (χ2v) is 6.61. The molecule has 0 radical (unpaired) electrons. The standard InChI is InChI=1S/C18H27N3O.2ClH/c1-21(15-8-2-3-9-15)17-11-5-4-10-16(17)20-18(22)13-14-7-6-12-19-14;;/h4-5,10-11,14-15,19H,2-3,6-9,12-13H2,1H3,(H,20,22);2*1H. The molecule has 1 aromatic rings. The molecular formula is C18H29Cl2N3O. The van der Waals surface area contributed by atoms with Crippen molar-refractivity contribution >= 4 is 42.1 Å². The molecule has 3 rings (SSSR count). The predicted molar refractivity (Wildman–Crippen MR) is 106 cm³/mol. The number of nitrogens with one attached hydrogen (secondary N) is 2. The van der Waals surface area contributed by atoms with E-state index in [1.165, 1.54) is 32.1 Å². The molecule has 1 aromatic carbocycles. The summed E-state index contributed by atoms with van der Waals surface area (Å²) in [6.07, 6.45) is 8.00. The number of halogens is 2. The lowest BCUT2D eigenvalue weighted by atomic mass is 10.1. The van der Waals surface area contributed by atoms with E-state index in [1.807, 2.05) is 12.1 Å². The molecule has 1 unspecified atom stereocenters. The Kier molecular flexibility index (Phi) is 8.88. The molecule has 2 fully saturated rings. The van der Waals surface area contributed by atoms with Crippen molar-refractivity contribution in [1.29, 1.82) is 0 Å². The number of para-hydroxylation sites is 2. The van der Waals surface area contributed by atoms with Crippen molar-refractivity contribution in [3.8, 4) is 0 Å². The molecule has 136 valence electrons. The van der Waals surface area contributed by atoms with E-state index in [0.717, 1.165) is 24.3 Å². The van der Waals surface area contributed by atoms with E-state index < -0.39 is 0 Å². The van der Waals surface area contributed by atoms with Crippen molar-refractivity contribution in [3.63, 3.8) is 0 Å². The van der Waals surface area contributed by atoms with Gasteiger partial charge in [0.15, 0.2) is 0 Å². The molecule has 1 amide bonds. The smallest absolute Gasteiger partial charge is 0.225 e. The Morgan fingerprint density at radius 1 is 1.17 bits per heavy atom. The largest absolute Gasteiger partial charge is 0.370 e. The summed E-state index contributed by atoms with van der Waals surface area (Å²) in [5, 5.41) is 6.51. The summed E-state index contributed by atoms with van der Waals surface area (Å²) >= 11 is 0. The lowest BCUT2D eigenvalue weighted by Crippen LogP contribution is -2.31. The first-order valence-corrected chi connectivity index (χ1v) is 8.59. The molecule has 6 heteroatoms. The number of anilines is 2. The van der Waals surface area contributed by atoms with E-state index >= 15 is 0 Å². The summed E-state index contributed by atoms with van der Waals surface area (Å²) in [5.41, 5.74) is 2.09. The van der Waals surface area contributed by atoms with Crippen LogP contribution in [-0.4, -0.2) is 31.6 Å². The average molecular weight is 374 g/mol. The molecule has 2 N–H and O–H groups in total. The van der Waals surface area contributed by atoms with E-state index in [4.69, 9.17) is 0 Å². The molecule has 0 bridgehead atoms. The van der Waals surface area contributed by atoms with Crippen molar-refractivity contribution in [1.82, 2.24) is 5.32 Å². The van der Waals surface area contributed by atoms with Crippen LogP contribution in [0.4, 0.5) is 11.4 Å². The van der Waals surface area contributed by atoms with Crippen LogP contribution in [0.5, 0.6) is 0 Å². The molecule has 0 aromatic heterocycles. The molecular weight excluding hydrogens is 345 g/mol. The van der Waals surface area contributed by atoms with Gasteiger partial charge in [-0.1, -0.05) is 25.0 Å². The Labute approximate surface area is 157 Å². The van der Waals surface area contributed by atoms with E-state index in [0.29, 0.717) is 18.5 Å². The van der Waals surface area contributed by atoms with Crippen LogP contribution >= 0.6 is 24.8 Å². The van der Waals surface area contributed by atoms with Gasteiger partial charge in [-0.05, 0) is 44.4 Å². The van der Waals surface area contributed by atoms with Gasteiger partial charge in [-0.25, -0.2) is 0 Å². The van der Waals surface area contributed by atoms with Gasteiger partial charge in [0.05, 0.1) is 11.4 Å².